The monoisotopic (exact) mass is 328 g/mol. The number of nitrogens with one attached hydrogen (secondary N) is 2. The second kappa shape index (κ2) is 4.59. The molecular weight excluding hydrogens is 316 g/mol. The fourth-order valence-corrected chi connectivity index (χ4v) is 2.96. The SMILES string of the molecule is Brc1cnc2nc(-c3ccc4c(c3)CCCN4)[nH]c2c1. The largest absolute Gasteiger partial charge is 0.385 e. The van der Waals surface area contributed by atoms with Gasteiger partial charge in [-0.25, -0.2) is 9.97 Å². The number of imidazole rings is 1. The van der Waals surface area contributed by atoms with Gasteiger partial charge in [-0.05, 0) is 58.6 Å². The van der Waals surface area contributed by atoms with Crippen molar-refractivity contribution in [2.75, 3.05) is 11.9 Å². The standard InChI is InChI=1S/C15H13BrN4/c16-11-7-13-15(18-8-11)20-14(19-13)10-3-4-12-9(6-10)2-1-5-17-12/h3-4,6-8,17H,1-2,5H2,(H,18,19,20). The predicted octanol–water partition coefficient (Wildman–Crippen LogP) is 3.75. The van der Waals surface area contributed by atoms with Crippen LogP contribution in [0.3, 0.4) is 0 Å². The molecule has 1 aliphatic heterocycles. The third-order valence-electron chi connectivity index (χ3n) is 3.62. The number of anilines is 1. The van der Waals surface area contributed by atoms with Crippen LogP contribution in [0.5, 0.6) is 0 Å². The number of benzene rings is 1. The Bertz CT molecular complexity index is 794. The molecule has 0 amide bonds. The first-order valence-electron chi connectivity index (χ1n) is 6.68. The molecule has 100 valence electrons. The Morgan fingerprint density at radius 1 is 1.20 bits per heavy atom. The smallest absolute Gasteiger partial charge is 0.178 e. The Labute approximate surface area is 124 Å². The van der Waals surface area contributed by atoms with E-state index in [1.807, 2.05) is 6.07 Å². The average Bonchev–Trinajstić information content (AvgIpc) is 2.89. The molecule has 0 saturated heterocycles. The lowest BCUT2D eigenvalue weighted by molar-refractivity contribution is 0.830. The van der Waals surface area contributed by atoms with E-state index in [-0.39, 0.29) is 0 Å². The summed E-state index contributed by atoms with van der Waals surface area (Å²) in [7, 11) is 0. The van der Waals surface area contributed by atoms with E-state index in [2.05, 4.69) is 54.4 Å². The molecule has 3 aromatic rings. The fraction of sp³-hybridized carbons (Fsp3) is 0.200. The van der Waals surface area contributed by atoms with Gasteiger partial charge in [0, 0.05) is 28.5 Å². The highest BCUT2D eigenvalue weighted by molar-refractivity contribution is 9.10. The summed E-state index contributed by atoms with van der Waals surface area (Å²) < 4.78 is 0.954. The van der Waals surface area contributed by atoms with E-state index in [0.29, 0.717) is 0 Å². The van der Waals surface area contributed by atoms with Crippen molar-refractivity contribution in [2.45, 2.75) is 12.8 Å². The van der Waals surface area contributed by atoms with E-state index in [1.165, 1.54) is 17.7 Å². The van der Waals surface area contributed by atoms with Gasteiger partial charge in [0.2, 0.25) is 0 Å². The highest BCUT2D eigenvalue weighted by Gasteiger charge is 2.12. The number of aryl methyl sites for hydroxylation is 1. The quantitative estimate of drug-likeness (QED) is 0.715. The van der Waals surface area contributed by atoms with Gasteiger partial charge in [-0.1, -0.05) is 0 Å². The van der Waals surface area contributed by atoms with E-state index in [0.717, 1.165) is 40.0 Å². The van der Waals surface area contributed by atoms with Crippen molar-refractivity contribution in [3.8, 4) is 11.4 Å². The summed E-state index contributed by atoms with van der Waals surface area (Å²) in [5, 5.41) is 3.43. The van der Waals surface area contributed by atoms with Gasteiger partial charge in [0.1, 0.15) is 5.82 Å². The summed E-state index contributed by atoms with van der Waals surface area (Å²) in [4.78, 5) is 12.2. The molecule has 3 heterocycles. The van der Waals surface area contributed by atoms with Crippen LogP contribution in [0.25, 0.3) is 22.6 Å². The first-order valence-corrected chi connectivity index (χ1v) is 7.47. The molecule has 0 radical (unpaired) electrons. The topological polar surface area (TPSA) is 53.6 Å². The van der Waals surface area contributed by atoms with Crippen LogP contribution in [0.1, 0.15) is 12.0 Å². The van der Waals surface area contributed by atoms with Crippen LogP contribution < -0.4 is 5.32 Å². The van der Waals surface area contributed by atoms with Crippen LogP contribution in [0.4, 0.5) is 5.69 Å². The van der Waals surface area contributed by atoms with Crippen LogP contribution >= 0.6 is 15.9 Å². The zero-order chi connectivity index (χ0) is 13.5. The number of nitrogens with zero attached hydrogens (tertiary/aromatic N) is 2. The van der Waals surface area contributed by atoms with Crippen molar-refractivity contribution in [3.05, 3.63) is 40.5 Å². The summed E-state index contributed by atoms with van der Waals surface area (Å²) in [6.45, 7) is 1.06. The molecule has 2 aromatic heterocycles. The summed E-state index contributed by atoms with van der Waals surface area (Å²) in [6, 6.07) is 8.46. The van der Waals surface area contributed by atoms with Crippen molar-refractivity contribution in [2.24, 2.45) is 0 Å². The molecule has 1 aliphatic rings. The molecule has 0 spiro atoms. The number of halogens is 1. The molecule has 5 heteroatoms. The molecule has 20 heavy (non-hydrogen) atoms. The van der Waals surface area contributed by atoms with Crippen molar-refractivity contribution in [1.29, 1.82) is 0 Å². The number of fused-ring (bicyclic) bond motifs is 2. The number of rotatable bonds is 1. The van der Waals surface area contributed by atoms with E-state index in [1.54, 1.807) is 6.20 Å². The van der Waals surface area contributed by atoms with E-state index >= 15 is 0 Å². The van der Waals surface area contributed by atoms with Crippen LogP contribution in [0.15, 0.2) is 34.9 Å². The van der Waals surface area contributed by atoms with Crippen LogP contribution in [-0.2, 0) is 6.42 Å². The minimum Gasteiger partial charge on any atom is -0.385 e. The lowest BCUT2D eigenvalue weighted by Gasteiger charge is -2.18. The highest BCUT2D eigenvalue weighted by atomic mass is 79.9. The maximum absolute atomic E-state index is 4.57. The molecule has 0 fully saturated rings. The Kier molecular flexibility index (Phi) is 2.73. The first kappa shape index (κ1) is 11.9. The third kappa shape index (κ3) is 1.98. The van der Waals surface area contributed by atoms with Gasteiger partial charge in [0.05, 0.1) is 5.52 Å². The Balaban J connectivity index is 1.82. The lowest BCUT2D eigenvalue weighted by Crippen LogP contribution is -2.11. The summed E-state index contributed by atoms with van der Waals surface area (Å²) in [6.07, 6.45) is 4.08. The lowest BCUT2D eigenvalue weighted by atomic mass is 10.0. The molecule has 0 bridgehead atoms. The van der Waals surface area contributed by atoms with Gasteiger partial charge in [-0.2, -0.15) is 0 Å². The molecule has 0 unspecified atom stereocenters. The molecule has 0 atom stereocenters. The van der Waals surface area contributed by atoms with Crippen molar-refractivity contribution in [3.63, 3.8) is 0 Å². The number of aromatic amines is 1. The van der Waals surface area contributed by atoms with Gasteiger partial charge in [0.15, 0.2) is 5.65 Å². The van der Waals surface area contributed by atoms with Crippen molar-refractivity contribution < 1.29 is 0 Å². The van der Waals surface area contributed by atoms with Crippen LogP contribution in [0.2, 0.25) is 0 Å². The van der Waals surface area contributed by atoms with Crippen molar-refractivity contribution in [1.82, 2.24) is 15.0 Å². The van der Waals surface area contributed by atoms with E-state index < -0.39 is 0 Å². The third-order valence-corrected chi connectivity index (χ3v) is 4.05. The minimum atomic E-state index is 0.749. The molecule has 4 rings (SSSR count). The molecule has 4 nitrogen and oxygen atoms in total. The average molecular weight is 329 g/mol. The number of pyridine rings is 1. The molecule has 2 N–H and O–H groups in total. The summed E-state index contributed by atoms with van der Waals surface area (Å²) in [5.41, 5.74) is 5.42. The summed E-state index contributed by atoms with van der Waals surface area (Å²) >= 11 is 3.43. The Hall–Kier alpha value is -1.88. The van der Waals surface area contributed by atoms with Gasteiger partial charge >= 0.3 is 0 Å². The number of aromatic nitrogens is 3. The van der Waals surface area contributed by atoms with Gasteiger partial charge in [0.25, 0.3) is 0 Å². The minimum absolute atomic E-state index is 0.749. The number of hydrogen-bond donors (Lipinski definition) is 2. The zero-order valence-corrected chi connectivity index (χ0v) is 12.4. The molecule has 0 saturated carbocycles. The molecule has 0 aliphatic carbocycles. The highest BCUT2D eigenvalue weighted by Crippen LogP contribution is 2.28. The Morgan fingerprint density at radius 3 is 3.10 bits per heavy atom. The zero-order valence-electron chi connectivity index (χ0n) is 10.8. The number of H-pyrrole nitrogens is 1. The number of hydrogen-bond acceptors (Lipinski definition) is 3. The first-order chi connectivity index (χ1) is 9.79. The van der Waals surface area contributed by atoms with Gasteiger partial charge in [-0.15, -0.1) is 0 Å². The van der Waals surface area contributed by atoms with E-state index in [9.17, 15) is 0 Å². The Morgan fingerprint density at radius 2 is 2.15 bits per heavy atom. The van der Waals surface area contributed by atoms with Crippen molar-refractivity contribution >= 4 is 32.8 Å². The second-order valence-electron chi connectivity index (χ2n) is 5.01. The summed E-state index contributed by atoms with van der Waals surface area (Å²) in [5.74, 6) is 0.874. The maximum Gasteiger partial charge on any atom is 0.178 e. The van der Waals surface area contributed by atoms with Crippen LogP contribution in [-0.4, -0.2) is 21.5 Å². The second-order valence-corrected chi connectivity index (χ2v) is 5.93. The fourth-order valence-electron chi connectivity index (χ4n) is 2.63. The normalized spacial score (nSPS) is 14.1. The molecular formula is C15H13BrN4. The van der Waals surface area contributed by atoms with E-state index in [4.69, 9.17) is 0 Å². The van der Waals surface area contributed by atoms with Crippen LogP contribution in [0, 0.1) is 0 Å². The molecule has 1 aromatic carbocycles. The predicted molar refractivity (Wildman–Crippen MR) is 83.8 cm³/mol. The van der Waals surface area contributed by atoms with Gasteiger partial charge < -0.3 is 10.3 Å². The maximum atomic E-state index is 4.57. The van der Waals surface area contributed by atoms with Gasteiger partial charge in [-0.3, -0.25) is 0 Å².